The van der Waals surface area contributed by atoms with Gasteiger partial charge in [0.2, 0.25) is 0 Å². The molecule has 0 saturated heterocycles. The Bertz CT molecular complexity index is 8.00. The molecule has 0 aliphatic heterocycles. The average molecular weight is 219 g/mol. The molecule has 0 fully saturated rings. The van der Waals surface area contributed by atoms with Crippen LogP contribution in [-0.4, -0.2) is 0 Å². The predicted octanol–water partition coefficient (Wildman–Crippen LogP) is -0.0100. The largest absolute Gasteiger partial charge is 0 e. The molecule has 0 amide bonds. The molecular formula is CrCuFeTi. The number of rotatable bonds is 0. The molecule has 0 atom stereocenters. The molecule has 0 aromatic heterocycles. The third-order valence-electron chi connectivity index (χ3n) is 0. The molecule has 0 aromatic carbocycles. The fourth-order valence-corrected chi connectivity index (χ4v) is 0. The second-order valence-electron chi connectivity index (χ2n) is 0. The van der Waals surface area contributed by atoms with Gasteiger partial charge in [-0.05, 0) is 0 Å². The van der Waals surface area contributed by atoms with Crippen molar-refractivity contribution in [2.24, 2.45) is 0 Å². The van der Waals surface area contributed by atoms with Crippen molar-refractivity contribution in [2.75, 3.05) is 0 Å². The monoisotopic (exact) mass is 219 g/mol. The first-order chi connectivity index (χ1) is 0. The Labute approximate surface area is 72.4 Å². The van der Waals surface area contributed by atoms with Gasteiger partial charge in [-0.2, -0.15) is 0 Å². The van der Waals surface area contributed by atoms with E-state index < -0.39 is 0 Å². The van der Waals surface area contributed by atoms with Gasteiger partial charge in [0.15, 0.2) is 0 Å². The van der Waals surface area contributed by atoms with Gasteiger partial charge in [-0.1, -0.05) is 0 Å². The minimum Gasteiger partial charge on any atom is 0 e. The molecule has 1 radical (unpaired) electrons. The molecule has 0 nitrogen and oxygen atoms in total. The molecule has 0 aliphatic rings. The maximum Gasteiger partial charge on any atom is 0 e. The van der Waals surface area contributed by atoms with Crippen LogP contribution in [-0.2, 0) is 73.2 Å². The third kappa shape index (κ3) is 8.86. The molecule has 0 saturated carbocycles. The van der Waals surface area contributed by atoms with Crippen molar-refractivity contribution < 1.29 is 73.2 Å². The van der Waals surface area contributed by atoms with Gasteiger partial charge < -0.3 is 0 Å². The Balaban J connectivity index is 0. The van der Waals surface area contributed by atoms with E-state index in [9.17, 15) is 0 Å². The van der Waals surface area contributed by atoms with Crippen LogP contribution in [0.2, 0.25) is 0 Å². The van der Waals surface area contributed by atoms with Crippen LogP contribution in [0.5, 0.6) is 0 Å². The molecule has 0 aromatic rings. The summed E-state index contributed by atoms with van der Waals surface area (Å²) in [5.74, 6) is 0. The first kappa shape index (κ1) is 33.6. The Morgan fingerprint density at radius 3 is 1.00 bits per heavy atom. The van der Waals surface area contributed by atoms with E-state index >= 15 is 0 Å². The Morgan fingerprint density at radius 2 is 1.00 bits per heavy atom. The predicted molar refractivity (Wildman–Crippen MR) is 0 cm³/mol. The van der Waals surface area contributed by atoms with Crippen LogP contribution in [0.4, 0.5) is 0 Å². The van der Waals surface area contributed by atoms with Crippen LogP contribution in [0, 0.1) is 0 Å². The molecule has 0 aliphatic carbocycles. The number of hydrogen-bond acceptors (Lipinski definition) is 0. The summed E-state index contributed by atoms with van der Waals surface area (Å²) in [5.41, 5.74) is 0. The van der Waals surface area contributed by atoms with Crippen LogP contribution in [0.15, 0.2) is 0 Å². The van der Waals surface area contributed by atoms with E-state index in [1.54, 1.807) is 0 Å². The third-order valence-corrected chi connectivity index (χ3v) is 0. The summed E-state index contributed by atoms with van der Waals surface area (Å²) in [6.45, 7) is 0. The van der Waals surface area contributed by atoms with Gasteiger partial charge in [0.1, 0.15) is 0 Å². The maximum atomic E-state index is 0. The van der Waals surface area contributed by atoms with E-state index in [0.29, 0.717) is 0 Å². The van der Waals surface area contributed by atoms with Crippen molar-refractivity contribution in [1.29, 1.82) is 0 Å². The van der Waals surface area contributed by atoms with Crippen LogP contribution in [0.25, 0.3) is 0 Å². The zero-order valence-corrected chi connectivity index (χ0v) is 6.45. The summed E-state index contributed by atoms with van der Waals surface area (Å²) < 4.78 is 0. The van der Waals surface area contributed by atoms with Crippen molar-refractivity contribution in [3.05, 3.63) is 0 Å². The minimum atomic E-state index is 0. The van der Waals surface area contributed by atoms with Gasteiger partial charge >= 0.3 is 0 Å². The molecular weight excluding hydrogens is 219 g/mol. The summed E-state index contributed by atoms with van der Waals surface area (Å²) >= 11 is 0. The van der Waals surface area contributed by atoms with Crippen LogP contribution in [0.3, 0.4) is 0 Å². The van der Waals surface area contributed by atoms with Crippen LogP contribution < -0.4 is 0 Å². The zero-order chi connectivity index (χ0) is 0. The molecule has 4 heavy (non-hydrogen) atoms. The average Bonchev–Trinajstić information content (AvgIpc) is 0. The van der Waals surface area contributed by atoms with Crippen molar-refractivity contribution in [1.82, 2.24) is 0 Å². The minimum absolute atomic E-state index is 0. The van der Waals surface area contributed by atoms with E-state index in [4.69, 9.17) is 0 Å². The van der Waals surface area contributed by atoms with E-state index in [0.717, 1.165) is 0 Å². The van der Waals surface area contributed by atoms with E-state index in [2.05, 4.69) is 0 Å². The molecule has 0 N–H and O–H groups in total. The Morgan fingerprint density at radius 1 is 1.00 bits per heavy atom. The van der Waals surface area contributed by atoms with Gasteiger partial charge in [0.25, 0.3) is 0 Å². The summed E-state index contributed by atoms with van der Waals surface area (Å²) in [6, 6.07) is 0. The van der Waals surface area contributed by atoms with Crippen molar-refractivity contribution in [2.45, 2.75) is 0 Å². The first-order valence-electron chi connectivity index (χ1n) is 0. The standard InChI is InChI=1S/Cr.Cu.Fe.Ti. The topological polar surface area (TPSA) is 0 Å². The summed E-state index contributed by atoms with van der Waals surface area (Å²) in [5, 5.41) is 0. The summed E-state index contributed by atoms with van der Waals surface area (Å²) in [7, 11) is 0. The zero-order valence-electron chi connectivity index (χ0n) is 1.56. The van der Waals surface area contributed by atoms with Gasteiger partial charge in [0, 0.05) is 73.2 Å². The molecule has 0 bridgehead atoms. The van der Waals surface area contributed by atoms with E-state index in [-0.39, 0.29) is 73.2 Å². The molecule has 4 heteroatoms. The molecule has 0 spiro atoms. The molecule has 0 rings (SSSR count). The Kier molecular flexibility index (Phi) is 156. The fraction of sp³-hybridized carbons (Fsp3) is 0. The van der Waals surface area contributed by atoms with Crippen LogP contribution in [0.1, 0.15) is 0 Å². The van der Waals surface area contributed by atoms with Crippen molar-refractivity contribution in [3.8, 4) is 0 Å². The second kappa shape index (κ2) is 18.6. The number of hydrogen-bond donors (Lipinski definition) is 0. The SMILES string of the molecule is [Cr].[Cu].[Fe].[Ti]. The van der Waals surface area contributed by atoms with E-state index in [1.165, 1.54) is 0 Å². The quantitative estimate of drug-likeness (QED) is 0.503. The van der Waals surface area contributed by atoms with Gasteiger partial charge in [-0.3, -0.25) is 0 Å². The van der Waals surface area contributed by atoms with Gasteiger partial charge in [0.05, 0.1) is 0 Å². The fourth-order valence-electron chi connectivity index (χ4n) is 0. The van der Waals surface area contributed by atoms with Crippen LogP contribution >= 0.6 is 0 Å². The van der Waals surface area contributed by atoms with Crippen molar-refractivity contribution >= 4 is 0 Å². The van der Waals surface area contributed by atoms with E-state index in [1.807, 2.05) is 0 Å². The smallest absolute Gasteiger partial charge is 0 e. The van der Waals surface area contributed by atoms with Gasteiger partial charge in [-0.25, -0.2) is 0 Å². The normalized spacial score (nSPS) is 0. The van der Waals surface area contributed by atoms with Crippen molar-refractivity contribution in [3.63, 3.8) is 0 Å². The Hall–Kier alpha value is 2.29. The van der Waals surface area contributed by atoms with Gasteiger partial charge in [-0.15, -0.1) is 0 Å². The second-order valence-corrected chi connectivity index (χ2v) is 0. The first-order valence-corrected chi connectivity index (χ1v) is 0. The molecule has 29 valence electrons. The molecule has 0 heterocycles. The maximum absolute atomic E-state index is 0. The molecule has 0 unspecified atom stereocenters. The summed E-state index contributed by atoms with van der Waals surface area (Å²) in [6.07, 6.45) is 0. The summed E-state index contributed by atoms with van der Waals surface area (Å²) in [4.78, 5) is 0.